The smallest absolute Gasteiger partial charge is 0.379 e. The summed E-state index contributed by atoms with van der Waals surface area (Å²) in [4.78, 5) is 31.8. The second-order valence-electron chi connectivity index (χ2n) is 2.52. The molecule has 1 aliphatic rings. The van der Waals surface area contributed by atoms with Gasteiger partial charge in [-0.05, 0) is 0 Å². The molecule has 0 saturated heterocycles. The average Bonchev–Trinajstić information content (AvgIpc) is 2.35. The van der Waals surface area contributed by atoms with Gasteiger partial charge >= 0.3 is 5.97 Å². The van der Waals surface area contributed by atoms with Crippen molar-refractivity contribution in [3.05, 3.63) is 11.8 Å². The zero-order valence-corrected chi connectivity index (χ0v) is 6.62. The van der Waals surface area contributed by atoms with Crippen molar-refractivity contribution in [3.63, 3.8) is 0 Å². The van der Waals surface area contributed by atoms with Crippen LogP contribution in [0.2, 0.25) is 0 Å². The van der Waals surface area contributed by atoms with Gasteiger partial charge in [-0.3, -0.25) is 9.59 Å². The van der Waals surface area contributed by atoms with Crippen molar-refractivity contribution in [2.24, 2.45) is 0 Å². The van der Waals surface area contributed by atoms with Gasteiger partial charge in [-0.15, -0.1) is 0 Å². The van der Waals surface area contributed by atoms with E-state index >= 15 is 0 Å². The highest BCUT2D eigenvalue weighted by molar-refractivity contribution is 6.32. The van der Waals surface area contributed by atoms with Gasteiger partial charge < -0.3 is 4.74 Å². The maximum Gasteiger partial charge on any atom is 0.379 e. The van der Waals surface area contributed by atoms with Crippen molar-refractivity contribution < 1.29 is 19.1 Å². The van der Waals surface area contributed by atoms with Gasteiger partial charge in [0.05, 0.1) is 0 Å². The Morgan fingerprint density at radius 2 is 2.08 bits per heavy atom. The number of hydrogen-bond donors (Lipinski definition) is 0. The monoisotopic (exact) mass is 168 g/mol. The SMILES string of the molecule is CC(=O)C(=O)OC1=CC(=O)CC1. The van der Waals surface area contributed by atoms with Crippen LogP contribution in [0.3, 0.4) is 0 Å². The van der Waals surface area contributed by atoms with Crippen molar-refractivity contribution in [1.29, 1.82) is 0 Å². The van der Waals surface area contributed by atoms with E-state index in [0.717, 1.165) is 6.92 Å². The normalized spacial score (nSPS) is 15.8. The fourth-order valence-corrected chi connectivity index (χ4v) is 0.842. The maximum atomic E-state index is 10.7. The van der Waals surface area contributed by atoms with Crippen LogP contribution in [-0.4, -0.2) is 17.5 Å². The lowest BCUT2D eigenvalue weighted by atomic mass is 10.3. The summed E-state index contributed by atoms with van der Waals surface area (Å²) in [7, 11) is 0. The number of ether oxygens (including phenoxy) is 1. The first-order valence-electron chi connectivity index (χ1n) is 3.56. The Balaban J connectivity index is 2.53. The first-order valence-corrected chi connectivity index (χ1v) is 3.56. The second kappa shape index (κ2) is 3.30. The predicted octanol–water partition coefficient (Wildman–Crippen LogP) is 0.365. The lowest BCUT2D eigenvalue weighted by Crippen LogP contribution is -2.12. The van der Waals surface area contributed by atoms with E-state index in [4.69, 9.17) is 0 Å². The van der Waals surface area contributed by atoms with Gasteiger partial charge in [-0.1, -0.05) is 0 Å². The quantitative estimate of drug-likeness (QED) is 0.441. The minimum atomic E-state index is -0.907. The highest BCUT2D eigenvalue weighted by Crippen LogP contribution is 2.15. The van der Waals surface area contributed by atoms with Crippen LogP contribution < -0.4 is 0 Å². The van der Waals surface area contributed by atoms with E-state index < -0.39 is 11.8 Å². The summed E-state index contributed by atoms with van der Waals surface area (Å²) in [6.07, 6.45) is 2.03. The van der Waals surface area contributed by atoms with Crippen LogP contribution in [-0.2, 0) is 19.1 Å². The Hall–Kier alpha value is -1.45. The van der Waals surface area contributed by atoms with Gasteiger partial charge in [0.15, 0.2) is 5.78 Å². The van der Waals surface area contributed by atoms with Crippen LogP contribution >= 0.6 is 0 Å². The minimum Gasteiger partial charge on any atom is -0.425 e. The highest BCUT2D eigenvalue weighted by Gasteiger charge is 2.18. The average molecular weight is 168 g/mol. The number of rotatable bonds is 2. The molecule has 0 heterocycles. The van der Waals surface area contributed by atoms with Crippen LogP contribution in [0.25, 0.3) is 0 Å². The highest BCUT2D eigenvalue weighted by atomic mass is 16.5. The maximum absolute atomic E-state index is 10.7. The molecule has 4 heteroatoms. The number of esters is 1. The van der Waals surface area contributed by atoms with E-state index in [2.05, 4.69) is 4.74 Å². The van der Waals surface area contributed by atoms with Crippen LogP contribution in [0.15, 0.2) is 11.8 Å². The molecule has 0 aromatic rings. The number of Topliss-reactive ketones (excluding diaryl/α,β-unsaturated/α-hetero) is 1. The number of allylic oxidation sites excluding steroid dienone is 2. The molecule has 64 valence electrons. The largest absolute Gasteiger partial charge is 0.425 e. The standard InChI is InChI=1S/C8H8O4/c1-5(9)8(11)12-7-3-2-6(10)4-7/h4H,2-3H2,1H3. The summed E-state index contributed by atoms with van der Waals surface area (Å²) in [5.74, 6) is -1.34. The molecule has 0 fully saturated rings. The number of carbonyl (C=O) groups is 3. The Bertz CT molecular complexity index is 275. The topological polar surface area (TPSA) is 60.4 Å². The molecule has 0 saturated carbocycles. The molecule has 1 aliphatic carbocycles. The zero-order chi connectivity index (χ0) is 9.14. The predicted molar refractivity (Wildman–Crippen MR) is 39.1 cm³/mol. The van der Waals surface area contributed by atoms with Crippen molar-refractivity contribution in [3.8, 4) is 0 Å². The Morgan fingerprint density at radius 1 is 1.42 bits per heavy atom. The van der Waals surface area contributed by atoms with Crippen molar-refractivity contribution in [1.82, 2.24) is 0 Å². The van der Waals surface area contributed by atoms with E-state index in [1.807, 2.05) is 0 Å². The molecular formula is C8H8O4. The molecule has 0 unspecified atom stereocenters. The van der Waals surface area contributed by atoms with Gasteiger partial charge in [-0.2, -0.15) is 0 Å². The lowest BCUT2D eigenvalue weighted by Gasteiger charge is -1.99. The number of carbonyl (C=O) groups excluding carboxylic acids is 3. The van der Waals surface area contributed by atoms with Gasteiger partial charge in [0.2, 0.25) is 5.78 Å². The minimum absolute atomic E-state index is 0.0682. The third kappa shape index (κ3) is 2.02. The van der Waals surface area contributed by atoms with Crippen LogP contribution in [0, 0.1) is 0 Å². The summed E-state index contributed by atoms with van der Waals surface area (Å²) in [6.45, 7) is 1.12. The first-order chi connectivity index (χ1) is 5.59. The molecule has 0 bridgehead atoms. The first kappa shape index (κ1) is 8.64. The molecule has 0 aliphatic heterocycles. The molecule has 12 heavy (non-hydrogen) atoms. The Kier molecular flexibility index (Phi) is 2.38. The lowest BCUT2D eigenvalue weighted by molar-refractivity contribution is -0.149. The summed E-state index contributed by atoms with van der Waals surface area (Å²) in [6, 6.07) is 0. The van der Waals surface area contributed by atoms with E-state index in [1.54, 1.807) is 0 Å². The van der Waals surface area contributed by atoms with Gasteiger partial charge in [0.1, 0.15) is 5.76 Å². The Labute approximate surface area is 69.2 Å². The zero-order valence-electron chi connectivity index (χ0n) is 6.62. The van der Waals surface area contributed by atoms with Crippen molar-refractivity contribution >= 4 is 17.5 Å². The number of hydrogen-bond acceptors (Lipinski definition) is 4. The molecular weight excluding hydrogens is 160 g/mol. The van der Waals surface area contributed by atoms with Crippen molar-refractivity contribution in [2.75, 3.05) is 0 Å². The summed E-state index contributed by atoms with van der Waals surface area (Å²) < 4.78 is 4.59. The third-order valence-electron chi connectivity index (χ3n) is 1.45. The molecule has 0 radical (unpaired) electrons. The van der Waals surface area contributed by atoms with E-state index in [9.17, 15) is 14.4 Å². The molecule has 0 amide bonds. The fraction of sp³-hybridized carbons (Fsp3) is 0.375. The van der Waals surface area contributed by atoms with Crippen LogP contribution in [0.5, 0.6) is 0 Å². The molecule has 1 rings (SSSR count). The van der Waals surface area contributed by atoms with Crippen LogP contribution in [0.4, 0.5) is 0 Å². The molecule has 0 spiro atoms. The molecule has 4 nitrogen and oxygen atoms in total. The van der Waals surface area contributed by atoms with Crippen LogP contribution in [0.1, 0.15) is 19.8 Å². The van der Waals surface area contributed by atoms with E-state index in [-0.39, 0.29) is 5.78 Å². The number of ketones is 2. The third-order valence-corrected chi connectivity index (χ3v) is 1.45. The second-order valence-corrected chi connectivity index (χ2v) is 2.52. The van der Waals surface area contributed by atoms with Crippen molar-refractivity contribution in [2.45, 2.75) is 19.8 Å². The summed E-state index contributed by atoms with van der Waals surface area (Å²) >= 11 is 0. The molecule has 0 atom stereocenters. The van der Waals surface area contributed by atoms with E-state index in [0.29, 0.717) is 18.6 Å². The summed E-state index contributed by atoms with van der Waals surface area (Å²) in [5, 5.41) is 0. The molecule has 0 aromatic carbocycles. The van der Waals surface area contributed by atoms with E-state index in [1.165, 1.54) is 6.08 Å². The Morgan fingerprint density at radius 3 is 2.50 bits per heavy atom. The van der Waals surface area contributed by atoms with Gasteiger partial charge in [0, 0.05) is 25.8 Å². The summed E-state index contributed by atoms with van der Waals surface area (Å²) in [5.41, 5.74) is 0. The van der Waals surface area contributed by atoms with Gasteiger partial charge in [0.25, 0.3) is 0 Å². The molecule has 0 N–H and O–H groups in total. The van der Waals surface area contributed by atoms with Gasteiger partial charge in [-0.25, -0.2) is 4.79 Å². The molecule has 0 aromatic heterocycles. The fourth-order valence-electron chi connectivity index (χ4n) is 0.842.